The van der Waals surface area contributed by atoms with Crippen LogP contribution in [0.3, 0.4) is 0 Å². The number of anilines is 3. The van der Waals surface area contributed by atoms with Crippen molar-refractivity contribution in [3.8, 4) is 22.3 Å². The van der Waals surface area contributed by atoms with Crippen molar-refractivity contribution in [3.05, 3.63) is 164 Å². The fourth-order valence-electron chi connectivity index (χ4n) is 6.08. The summed E-state index contributed by atoms with van der Waals surface area (Å²) < 4.78 is 2.67. The molecule has 8 rings (SSSR count). The molecule has 0 radical (unpaired) electrons. The zero-order valence-corrected chi connectivity index (χ0v) is 23.8. The highest BCUT2D eigenvalue weighted by Crippen LogP contribution is 2.43. The monoisotopic (exact) mass is 553 g/mol. The molecule has 1 heterocycles. The van der Waals surface area contributed by atoms with Crippen molar-refractivity contribution < 1.29 is 0 Å². The standard InChI is InChI=1S/C40H27NS/c1-3-10-28(11-4-1)29-18-23-33(24-19-29)41(32-13-5-2-6-14-32)34-25-20-30(21-26-34)35-16-9-12-31-22-27-38-40(39(31)35)36-15-7-8-17-37(36)42-38/h1-27H. The number of thiophene rings is 1. The molecule has 1 nitrogen and oxygen atoms in total. The van der Waals surface area contributed by atoms with Crippen LogP contribution in [0.1, 0.15) is 0 Å². The number of fused-ring (bicyclic) bond motifs is 5. The first-order valence-electron chi connectivity index (χ1n) is 14.3. The molecule has 0 aliphatic heterocycles. The van der Waals surface area contributed by atoms with Crippen LogP contribution in [-0.4, -0.2) is 0 Å². The quantitative estimate of drug-likeness (QED) is 0.205. The van der Waals surface area contributed by atoms with Crippen LogP contribution in [-0.2, 0) is 0 Å². The topological polar surface area (TPSA) is 3.24 Å². The van der Waals surface area contributed by atoms with Gasteiger partial charge in [-0.2, -0.15) is 0 Å². The van der Waals surface area contributed by atoms with Crippen molar-refractivity contribution in [3.63, 3.8) is 0 Å². The molecule has 198 valence electrons. The van der Waals surface area contributed by atoms with Gasteiger partial charge >= 0.3 is 0 Å². The minimum atomic E-state index is 1.13. The summed E-state index contributed by atoms with van der Waals surface area (Å²) in [5, 5.41) is 5.30. The maximum absolute atomic E-state index is 2.33. The largest absolute Gasteiger partial charge is 0.311 e. The Bertz CT molecular complexity index is 2160. The second-order valence-electron chi connectivity index (χ2n) is 10.6. The van der Waals surface area contributed by atoms with E-state index >= 15 is 0 Å². The maximum atomic E-state index is 2.33. The third-order valence-electron chi connectivity index (χ3n) is 8.07. The molecule has 0 saturated carbocycles. The molecule has 0 fully saturated rings. The van der Waals surface area contributed by atoms with Crippen LogP contribution in [0.2, 0.25) is 0 Å². The SMILES string of the molecule is c1ccc(-c2ccc(N(c3ccccc3)c3ccc(-c4cccc5ccc6sc7ccccc7c6c45)cc3)cc2)cc1. The van der Waals surface area contributed by atoms with Gasteiger partial charge in [0.15, 0.2) is 0 Å². The van der Waals surface area contributed by atoms with Gasteiger partial charge in [0.05, 0.1) is 0 Å². The molecule has 2 heteroatoms. The van der Waals surface area contributed by atoms with Crippen molar-refractivity contribution in [1.82, 2.24) is 0 Å². The lowest BCUT2D eigenvalue weighted by Gasteiger charge is -2.26. The average molecular weight is 554 g/mol. The third kappa shape index (κ3) is 4.25. The van der Waals surface area contributed by atoms with Crippen molar-refractivity contribution in [2.45, 2.75) is 0 Å². The highest BCUT2D eigenvalue weighted by Gasteiger charge is 2.15. The van der Waals surface area contributed by atoms with E-state index < -0.39 is 0 Å². The molecule has 7 aromatic carbocycles. The highest BCUT2D eigenvalue weighted by molar-refractivity contribution is 7.26. The van der Waals surface area contributed by atoms with Gasteiger partial charge < -0.3 is 4.90 Å². The van der Waals surface area contributed by atoms with Gasteiger partial charge in [-0.3, -0.25) is 0 Å². The Morgan fingerprint density at radius 3 is 1.69 bits per heavy atom. The molecule has 0 N–H and O–H groups in total. The summed E-state index contributed by atoms with van der Waals surface area (Å²) in [7, 11) is 0. The summed E-state index contributed by atoms with van der Waals surface area (Å²) in [5.41, 5.74) is 8.32. The van der Waals surface area contributed by atoms with Crippen molar-refractivity contribution in [2.75, 3.05) is 4.90 Å². The molecule has 0 atom stereocenters. The first-order chi connectivity index (χ1) is 20.8. The lowest BCUT2D eigenvalue weighted by molar-refractivity contribution is 1.28. The molecule has 0 saturated heterocycles. The zero-order chi connectivity index (χ0) is 27.9. The minimum Gasteiger partial charge on any atom is -0.311 e. The Labute approximate surface area is 249 Å². The molecule has 0 unspecified atom stereocenters. The molecule has 8 aromatic rings. The van der Waals surface area contributed by atoms with Gasteiger partial charge in [-0.05, 0) is 81.6 Å². The smallest absolute Gasteiger partial charge is 0.0462 e. The van der Waals surface area contributed by atoms with Gasteiger partial charge in [-0.15, -0.1) is 11.3 Å². The Hall–Kier alpha value is -5.18. The molecule has 0 spiro atoms. The maximum Gasteiger partial charge on any atom is 0.0462 e. The molecule has 0 aliphatic carbocycles. The van der Waals surface area contributed by atoms with Gasteiger partial charge in [0, 0.05) is 37.2 Å². The van der Waals surface area contributed by atoms with E-state index in [1.807, 2.05) is 11.3 Å². The first kappa shape index (κ1) is 24.6. The van der Waals surface area contributed by atoms with E-state index in [1.54, 1.807) is 0 Å². The lowest BCUT2D eigenvalue weighted by atomic mass is 9.94. The van der Waals surface area contributed by atoms with E-state index in [2.05, 4.69) is 169 Å². The van der Waals surface area contributed by atoms with E-state index in [1.165, 1.54) is 53.2 Å². The third-order valence-corrected chi connectivity index (χ3v) is 9.20. The summed E-state index contributed by atoms with van der Waals surface area (Å²) in [4.78, 5) is 2.33. The Balaban J connectivity index is 1.24. The van der Waals surface area contributed by atoms with Crippen molar-refractivity contribution in [2.24, 2.45) is 0 Å². The predicted octanol–water partition coefficient (Wildman–Crippen LogP) is 12.0. The van der Waals surface area contributed by atoms with E-state index in [4.69, 9.17) is 0 Å². The second kappa shape index (κ2) is 10.3. The molecule has 0 bridgehead atoms. The van der Waals surface area contributed by atoms with Gasteiger partial charge in [0.1, 0.15) is 0 Å². The first-order valence-corrected chi connectivity index (χ1v) is 15.1. The molecule has 1 aromatic heterocycles. The van der Waals surface area contributed by atoms with E-state index in [0.717, 1.165) is 17.1 Å². The van der Waals surface area contributed by atoms with Crippen LogP contribution in [0.15, 0.2) is 164 Å². The van der Waals surface area contributed by atoms with Gasteiger partial charge in [0.2, 0.25) is 0 Å². The van der Waals surface area contributed by atoms with Gasteiger partial charge in [0.25, 0.3) is 0 Å². The van der Waals surface area contributed by atoms with Gasteiger partial charge in [-0.25, -0.2) is 0 Å². The fourth-order valence-corrected chi connectivity index (χ4v) is 7.20. The Kier molecular flexibility index (Phi) is 6.05. The fraction of sp³-hybridized carbons (Fsp3) is 0. The van der Waals surface area contributed by atoms with Crippen LogP contribution >= 0.6 is 11.3 Å². The number of rotatable bonds is 5. The number of para-hydroxylation sites is 1. The number of nitrogens with zero attached hydrogens (tertiary/aromatic N) is 1. The van der Waals surface area contributed by atoms with Crippen LogP contribution in [0.25, 0.3) is 53.2 Å². The summed E-state index contributed by atoms with van der Waals surface area (Å²) in [5.74, 6) is 0. The normalized spacial score (nSPS) is 11.3. The van der Waals surface area contributed by atoms with Crippen molar-refractivity contribution in [1.29, 1.82) is 0 Å². The molecular weight excluding hydrogens is 527 g/mol. The number of benzene rings is 7. The molecule has 0 aliphatic rings. The summed E-state index contributed by atoms with van der Waals surface area (Å²) in [6.45, 7) is 0. The van der Waals surface area contributed by atoms with E-state index in [9.17, 15) is 0 Å². The lowest BCUT2D eigenvalue weighted by Crippen LogP contribution is -2.09. The van der Waals surface area contributed by atoms with Crippen LogP contribution in [0.5, 0.6) is 0 Å². The molecule has 0 amide bonds. The van der Waals surface area contributed by atoms with E-state index in [-0.39, 0.29) is 0 Å². The summed E-state index contributed by atoms with van der Waals surface area (Å²) >= 11 is 1.87. The summed E-state index contributed by atoms with van der Waals surface area (Å²) in [6.07, 6.45) is 0. The number of hydrogen-bond acceptors (Lipinski definition) is 2. The molecule has 42 heavy (non-hydrogen) atoms. The Morgan fingerprint density at radius 1 is 0.357 bits per heavy atom. The summed E-state index contributed by atoms with van der Waals surface area (Å²) in [6, 6.07) is 59.0. The van der Waals surface area contributed by atoms with Crippen LogP contribution < -0.4 is 4.90 Å². The van der Waals surface area contributed by atoms with Crippen LogP contribution in [0.4, 0.5) is 17.1 Å². The zero-order valence-electron chi connectivity index (χ0n) is 22.9. The van der Waals surface area contributed by atoms with Gasteiger partial charge in [-0.1, -0.05) is 115 Å². The average Bonchev–Trinajstić information content (AvgIpc) is 3.45. The van der Waals surface area contributed by atoms with Crippen LogP contribution in [0, 0.1) is 0 Å². The minimum absolute atomic E-state index is 1.13. The highest BCUT2D eigenvalue weighted by atomic mass is 32.1. The molecular formula is C40H27NS. The Morgan fingerprint density at radius 2 is 0.952 bits per heavy atom. The van der Waals surface area contributed by atoms with E-state index in [0.29, 0.717) is 0 Å². The number of hydrogen-bond donors (Lipinski definition) is 0. The predicted molar refractivity (Wildman–Crippen MR) is 182 cm³/mol. The second-order valence-corrected chi connectivity index (χ2v) is 11.7. The van der Waals surface area contributed by atoms with Crippen molar-refractivity contribution >= 4 is 59.3 Å².